The minimum atomic E-state index is -0.276. The smallest absolute Gasteiger partial charge is 0.278 e. The first-order chi connectivity index (χ1) is 12.3. The van der Waals surface area contributed by atoms with E-state index in [-0.39, 0.29) is 17.9 Å². The molecule has 2 aromatic rings. The lowest BCUT2D eigenvalue weighted by Crippen LogP contribution is -2.38. The summed E-state index contributed by atoms with van der Waals surface area (Å²) in [4.78, 5) is 27.4. The number of carbonyl (C=O) groups is 2. The van der Waals surface area contributed by atoms with Gasteiger partial charge in [0.1, 0.15) is 5.70 Å². The molecular weight excluding hydrogens is 324 g/mol. The van der Waals surface area contributed by atoms with Crippen molar-refractivity contribution >= 4 is 23.1 Å². The second-order valence-electron chi connectivity index (χ2n) is 7.14. The largest absolute Gasteiger partial charge is 0.350 e. The van der Waals surface area contributed by atoms with Crippen LogP contribution in [0.5, 0.6) is 0 Å². The van der Waals surface area contributed by atoms with Gasteiger partial charge in [-0.15, -0.1) is 0 Å². The third-order valence-corrected chi connectivity index (χ3v) is 4.57. The first kappa shape index (κ1) is 17.9. The fourth-order valence-corrected chi connectivity index (χ4v) is 3.34. The van der Waals surface area contributed by atoms with E-state index in [1.165, 1.54) is 4.90 Å². The Kier molecular flexibility index (Phi) is 4.68. The number of carbonyl (C=O) groups excluding carboxylic acids is 2. The van der Waals surface area contributed by atoms with Crippen LogP contribution in [0.15, 0.2) is 48.2 Å². The molecule has 0 aromatic heterocycles. The predicted octanol–water partition coefficient (Wildman–Crippen LogP) is 4.21. The molecule has 0 bridgehead atoms. The van der Waals surface area contributed by atoms with Crippen molar-refractivity contribution in [1.29, 1.82) is 0 Å². The van der Waals surface area contributed by atoms with E-state index in [0.717, 1.165) is 27.9 Å². The Balaban J connectivity index is 2.16. The summed E-state index contributed by atoms with van der Waals surface area (Å²) in [6, 6.07) is 13.5. The summed E-state index contributed by atoms with van der Waals surface area (Å²) in [6.07, 6.45) is 0. The third-order valence-electron chi connectivity index (χ3n) is 4.57. The van der Waals surface area contributed by atoms with Gasteiger partial charge >= 0.3 is 0 Å². The lowest BCUT2D eigenvalue weighted by atomic mass is 9.97. The zero-order valence-electron chi connectivity index (χ0n) is 15.9. The van der Waals surface area contributed by atoms with Gasteiger partial charge in [0.25, 0.3) is 11.8 Å². The van der Waals surface area contributed by atoms with E-state index >= 15 is 0 Å². The molecule has 2 aromatic carbocycles. The molecule has 0 unspecified atom stereocenters. The first-order valence-corrected chi connectivity index (χ1v) is 8.83. The van der Waals surface area contributed by atoms with Gasteiger partial charge in [-0.3, -0.25) is 14.5 Å². The van der Waals surface area contributed by atoms with Crippen LogP contribution < -0.4 is 5.32 Å². The summed E-state index contributed by atoms with van der Waals surface area (Å²) < 4.78 is 0. The number of aryl methyl sites for hydroxylation is 3. The van der Waals surface area contributed by atoms with Crippen molar-refractivity contribution in [3.63, 3.8) is 0 Å². The van der Waals surface area contributed by atoms with E-state index in [9.17, 15) is 9.59 Å². The molecule has 26 heavy (non-hydrogen) atoms. The Labute approximate surface area is 154 Å². The summed E-state index contributed by atoms with van der Waals surface area (Å²) in [5.74, 6) is -0.520. The summed E-state index contributed by atoms with van der Waals surface area (Å²) in [7, 11) is 0. The van der Waals surface area contributed by atoms with Crippen molar-refractivity contribution in [3.8, 4) is 0 Å². The van der Waals surface area contributed by atoms with Crippen molar-refractivity contribution in [2.45, 2.75) is 40.7 Å². The van der Waals surface area contributed by atoms with Crippen LogP contribution in [-0.4, -0.2) is 22.8 Å². The van der Waals surface area contributed by atoms with Crippen LogP contribution in [0.3, 0.4) is 0 Å². The van der Waals surface area contributed by atoms with Gasteiger partial charge in [0.05, 0.1) is 5.57 Å². The Morgan fingerprint density at radius 2 is 1.58 bits per heavy atom. The highest BCUT2D eigenvalue weighted by Gasteiger charge is 2.40. The zero-order chi connectivity index (χ0) is 19.0. The van der Waals surface area contributed by atoms with Crippen LogP contribution in [0.2, 0.25) is 0 Å². The number of nitrogens with zero attached hydrogens (tertiary/aromatic N) is 1. The molecule has 1 aliphatic rings. The van der Waals surface area contributed by atoms with Gasteiger partial charge in [0.2, 0.25) is 0 Å². The van der Waals surface area contributed by atoms with Crippen LogP contribution in [0.1, 0.15) is 36.1 Å². The predicted molar refractivity (Wildman–Crippen MR) is 105 cm³/mol. The summed E-state index contributed by atoms with van der Waals surface area (Å²) in [5, 5.41) is 3.20. The molecule has 1 heterocycles. The van der Waals surface area contributed by atoms with E-state index in [1.54, 1.807) is 0 Å². The van der Waals surface area contributed by atoms with Crippen molar-refractivity contribution in [1.82, 2.24) is 4.90 Å². The number of nitrogens with one attached hydrogen (secondary N) is 1. The number of rotatable bonds is 4. The van der Waals surface area contributed by atoms with Gasteiger partial charge in [-0.2, -0.15) is 0 Å². The van der Waals surface area contributed by atoms with Crippen molar-refractivity contribution < 1.29 is 9.59 Å². The van der Waals surface area contributed by atoms with E-state index < -0.39 is 0 Å². The second-order valence-corrected chi connectivity index (χ2v) is 7.14. The highest BCUT2D eigenvalue weighted by atomic mass is 16.2. The molecule has 4 heteroatoms. The highest BCUT2D eigenvalue weighted by Crippen LogP contribution is 2.33. The van der Waals surface area contributed by atoms with Gasteiger partial charge in [-0.05, 0) is 63.4 Å². The van der Waals surface area contributed by atoms with Gasteiger partial charge in [0.15, 0.2) is 0 Å². The second kappa shape index (κ2) is 6.79. The van der Waals surface area contributed by atoms with Gasteiger partial charge in [-0.25, -0.2) is 0 Å². The lowest BCUT2D eigenvalue weighted by Gasteiger charge is -2.19. The van der Waals surface area contributed by atoms with Crippen LogP contribution in [0, 0.1) is 20.8 Å². The molecular formula is C22H24N2O2. The molecule has 0 fully saturated rings. The summed E-state index contributed by atoms with van der Waals surface area (Å²) in [6.45, 7) is 9.68. The molecule has 4 nitrogen and oxygen atoms in total. The van der Waals surface area contributed by atoms with Crippen molar-refractivity contribution in [3.05, 3.63) is 70.4 Å². The number of hydrogen-bond acceptors (Lipinski definition) is 3. The van der Waals surface area contributed by atoms with Crippen LogP contribution in [0.4, 0.5) is 5.69 Å². The first-order valence-electron chi connectivity index (χ1n) is 8.83. The molecule has 0 radical (unpaired) electrons. The fraction of sp³-hybridized carbons (Fsp3) is 0.273. The summed E-state index contributed by atoms with van der Waals surface area (Å²) >= 11 is 0. The topological polar surface area (TPSA) is 49.4 Å². The van der Waals surface area contributed by atoms with E-state index in [1.807, 2.05) is 77.1 Å². The van der Waals surface area contributed by atoms with E-state index in [0.29, 0.717) is 11.3 Å². The molecule has 1 aliphatic heterocycles. The Morgan fingerprint density at radius 1 is 0.885 bits per heavy atom. The van der Waals surface area contributed by atoms with Crippen LogP contribution in [-0.2, 0) is 9.59 Å². The molecule has 0 saturated heterocycles. The average Bonchev–Trinajstić information content (AvgIpc) is 2.79. The summed E-state index contributed by atoms with van der Waals surface area (Å²) in [5.41, 5.74) is 5.58. The number of hydrogen-bond donors (Lipinski definition) is 1. The monoisotopic (exact) mass is 348 g/mol. The number of benzene rings is 2. The Bertz CT molecular complexity index is 925. The van der Waals surface area contributed by atoms with Gasteiger partial charge in [0, 0.05) is 11.7 Å². The standard InChI is InChI=1S/C22H24N2O2/c1-13(2)24-21(25)19(18-10-9-15(4)11-16(18)5)20(22(24)26)23-17-8-6-7-14(3)12-17/h6-13,23H,1-5H3. The minimum Gasteiger partial charge on any atom is -0.350 e. The molecule has 3 rings (SSSR count). The van der Waals surface area contributed by atoms with E-state index in [2.05, 4.69) is 5.32 Å². The number of imide groups is 1. The number of amides is 2. The van der Waals surface area contributed by atoms with Gasteiger partial charge in [-0.1, -0.05) is 35.9 Å². The maximum absolute atomic E-state index is 13.1. The lowest BCUT2D eigenvalue weighted by molar-refractivity contribution is -0.138. The molecule has 1 N–H and O–H groups in total. The SMILES string of the molecule is Cc1cccc(NC2=C(c3ccc(C)cc3C)C(=O)N(C(C)C)C2=O)c1. The third kappa shape index (κ3) is 3.15. The maximum Gasteiger partial charge on any atom is 0.278 e. The molecule has 0 atom stereocenters. The fourth-order valence-electron chi connectivity index (χ4n) is 3.34. The maximum atomic E-state index is 13.1. The normalized spacial score (nSPS) is 14.6. The Morgan fingerprint density at radius 3 is 2.19 bits per heavy atom. The number of anilines is 1. The molecule has 0 saturated carbocycles. The minimum absolute atomic E-state index is 0.201. The van der Waals surface area contributed by atoms with Crippen molar-refractivity contribution in [2.24, 2.45) is 0 Å². The highest BCUT2D eigenvalue weighted by molar-refractivity contribution is 6.36. The van der Waals surface area contributed by atoms with Crippen LogP contribution >= 0.6 is 0 Å². The molecule has 2 amide bonds. The average molecular weight is 348 g/mol. The molecule has 134 valence electrons. The molecule has 0 spiro atoms. The quantitative estimate of drug-likeness (QED) is 0.842. The Hall–Kier alpha value is -2.88. The van der Waals surface area contributed by atoms with E-state index in [4.69, 9.17) is 0 Å². The van der Waals surface area contributed by atoms with Crippen LogP contribution in [0.25, 0.3) is 5.57 Å². The van der Waals surface area contributed by atoms with Crippen molar-refractivity contribution in [2.75, 3.05) is 5.32 Å². The van der Waals surface area contributed by atoms with Gasteiger partial charge < -0.3 is 5.32 Å². The molecule has 0 aliphatic carbocycles. The zero-order valence-corrected chi connectivity index (χ0v) is 15.9.